The van der Waals surface area contributed by atoms with Crippen molar-refractivity contribution in [1.29, 1.82) is 0 Å². The molecular formula is C40H53N6O6P. The van der Waals surface area contributed by atoms with Gasteiger partial charge >= 0.3 is 0 Å². The largest absolute Gasteiger partial charge is 0.790 e. The van der Waals surface area contributed by atoms with E-state index in [9.17, 15) is 23.9 Å². The van der Waals surface area contributed by atoms with Gasteiger partial charge < -0.3 is 41.0 Å². The summed E-state index contributed by atoms with van der Waals surface area (Å²) in [5.41, 5.74) is 19.4. The summed E-state index contributed by atoms with van der Waals surface area (Å²) in [6.07, 6.45) is 2.53. The molecule has 4 rings (SSSR count). The van der Waals surface area contributed by atoms with Gasteiger partial charge in [0.1, 0.15) is 22.7 Å². The van der Waals surface area contributed by atoms with Gasteiger partial charge in [-0.15, -0.1) is 0 Å². The van der Waals surface area contributed by atoms with Gasteiger partial charge in [0, 0.05) is 77.9 Å². The second-order valence-corrected chi connectivity index (χ2v) is 12.9. The molecule has 0 aliphatic rings. The number of benzene rings is 4. The van der Waals surface area contributed by atoms with Crippen LogP contribution in [0.3, 0.4) is 0 Å². The van der Waals surface area contributed by atoms with Crippen LogP contribution in [-0.4, -0.2) is 44.6 Å². The van der Waals surface area contributed by atoms with E-state index in [4.69, 9.17) is 11.5 Å². The highest BCUT2D eigenvalue weighted by molar-refractivity contribution is 7.43. The van der Waals surface area contributed by atoms with Gasteiger partial charge in [0.15, 0.2) is 0 Å². The van der Waals surface area contributed by atoms with Crippen LogP contribution in [0.1, 0.15) is 34.6 Å². The van der Waals surface area contributed by atoms with E-state index in [2.05, 4.69) is 105 Å². The SMILES string of the molecule is C=CC(=O)Nc1ccc([N+](CC)(CC)c2ccc(N)cc2)cc1.C=CC(=O)Nc1ccc([N+](CC)(CC)c2ccc(N)cc2)cc1.CCOP(=O)([O-])[O-]. The lowest BCUT2D eigenvalue weighted by Crippen LogP contribution is -2.43. The van der Waals surface area contributed by atoms with Crippen molar-refractivity contribution in [3.05, 3.63) is 122 Å². The maximum Gasteiger partial charge on any atom is 0.247 e. The van der Waals surface area contributed by atoms with Gasteiger partial charge in [0.2, 0.25) is 11.8 Å². The Labute approximate surface area is 313 Å². The van der Waals surface area contributed by atoms with Crippen LogP contribution in [-0.2, 0) is 18.7 Å². The zero-order chi connectivity index (χ0) is 39.7. The number of carbonyl (C=O) groups is 2. The fraction of sp³-hybridized carbons (Fsp3) is 0.250. The summed E-state index contributed by atoms with van der Waals surface area (Å²) >= 11 is 0. The lowest BCUT2D eigenvalue weighted by atomic mass is 10.1. The Morgan fingerprint density at radius 2 is 0.868 bits per heavy atom. The normalized spacial score (nSPS) is 11.2. The number of amides is 2. The molecule has 0 aliphatic heterocycles. The number of nitrogens with two attached hydrogens (primary N) is 2. The van der Waals surface area contributed by atoms with Crippen LogP contribution in [0.25, 0.3) is 0 Å². The molecule has 53 heavy (non-hydrogen) atoms. The van der Waals surface area contributed by atoms with Crippen molar-refractivity contribution in [2.75, 3.05) is 54.9 Å². The smallest absolute Gasteiger partial charge is 0.247 e. The molecule has 284 valence electrons. The Morgan fingerprint density at radius 3 is 1.06 bits per heavy atom. The Bertz CT molecular complexity index is 1680. The highest BCUT2D eigenvalue weighted by atomic mass is 31.2. The van der Waals surface area contributed by atoms with Gasteiger partial charge in [-0.25, -0.2) is 0 Å². The minimum Gasteiger partial charge on any atom is -0.790 e. The van der Waals surface area contributed by atoms with E-state index in [1.807, 2.05) is 48.5 Å². The van der Waals surface area contributed by atoms with Crippen molar-refractivity contribution >= 4 is 65.1 Å². The van der Waals surface area contributed by atoms with Crippen LogP contribution < -0.4 is 40.9 Å². The van der Waals surface area contributed by atoms with Crippen molar-refractivity contribution < 1.29 is 28.5 Å². The number of quaternary nitrogens is 2. The number of carbonyl (C=O) groups excluding carboxylic acids is 2. The molecule has 0 aromatic heterocycles. The molecule has 0 heterocycles. The monoisotopic (exact) mass is 744 g/mol. The third-order valence-corrected chi connectivity index (χ3v) is 9.42. The highest BCUT2D eigenvalue weighted by Crippen LogP contribution is 2.37. The molecule has 0 saturated heterocycles. The van der Waals surface area contributed by atoms with Crippen LogP contribution in [0.15, 0.2) is 122 Å². The maximum atomic E-state index is 11.4. The van der Waals surface area contributed by atoms with E-state index in [0.717, 1.165) is 57.9 Å². The molecule has 0 saturated carbocycles. The Hall–Kier alpha value is -5.07. The van der Waals surface area contributed by atoms with E-state index in [0.29, 0.717) is 0 Å². The average molecular weight is 745 g/mol. The second-order valence-electron chi connectivity index (χ2n) is 11.7. The van der Waals surface area contributed by atoms with E-state index in [-0.39, 0.29) is 18.4 Å². The highest BCUT2D eigenvalue weighted by Gasteiger charge is 2.30. The minimum absolute atomic E-state index is 0.0791. The Balaban J connectivity index is 0.000000311. The molecule has 6 N–H and O–H groups in total. The fourth-order valence-electron chi connectivity index (χ4n) is 5.93. The number of rotatable bonds is 14. The molecule has 0 bridgehead atoms. The van der Waals surface area contributed by atoms with Gasteiger partial charge in [-0.1, -0.05) is 13.2 Å². The van der Waals surface area contributed by atoms with Crippen LogP contribution in [0, 0.1) is 0 Å². The standard InChI is InChI=1S/2C19H23N3O.C2H7O4P/c2*1-4-19(23)21-16-9-13-18(14-10-16)22(5-2,6-3)17-11-7-15(20)8-12-17;1-2-6-7(3,4)5/h2*4,7-14H,1,5-6,20H2,2-3H3;2H2,1H3,(H2,3,4,5). The summed E-state index contributed by atoms with van der Waals surface area (Å²) in [5.74, 6) is -0.411. The van der Waals surface area contributed by atoms with E-state index >= 15 is 0 Å². The number of hydrogen-bond acceptors (Lipinski definition) is 8. The van der Waals surface area contributed by atoms with Crippen molar-refractivity contribution in [3.63, 3.8) is 0 Å². The third kappa shape index (κ3) is 12.5. The quantitative estimate of drug-likeness (QED) is 0.0461. The second kappa shape index (κ2) is 20.8. The lowest BCUT2D eigenvalue weighted by molar-refractivity contribution is -0.341. The molecule has 0 atom stereocenters. The van der Waals surface area contributed by atoms with Crippen molar-refractivity contribution in [2.45, 2.75) is 34.6 Å². The first-order valence-corrected chi connectivity index (χ1v) is 18.8. The maximum absolute atomic E-state index is 11.4. The molecule has 0 spiro atoms. The van der Waals surface area contributed by atoms with E-state index < -0.39 is 7.82 Å². The van der Waals surface area contributed by atoms with Crippen LogP contribution in [0.5, 0.6) is 0 Å². The number of hydrogen-bond donors (Lipinski definition) is 4. The number of nitrogen functional groups attached to an aromatic ring is 2. The van der Waals surface area contributed by atoms with Crippen LogP contribution >= 0.6 is 7.82 Å². The predicted molar refractivity (Wildman–Crippen MR) is 217 cm³/mol. The number of nitrogens with zero attached hydrogens (tertiary/aromatic N) is 2. The molecule has 0 fully saturated rings. The van der Waals surface area contributed by atoms with Gasteiger partial charge in [-0.3, -0.25) is 18.6 Å². The van der Waals surface area contributed by atoms with Gasteiger partial charge in [0.25, 0.3) is 0 Å². The Kier molecular flexibility index (Phi) is 17.3. The molecule has 4 aromatic rings. The zero-order valence-corrected chi connectivity index (χ0v) is 32.2. The van der Waals surface area contributed by atoms with Crippen LogP contribution in [0.4, 0.5) is 45.5 Å². The summed E-state index contributed by atoms with van der Waals surface area (Å²) < 4.78 is 14.6. The molecule has 0 radical (unpaired) electrons. The average Bonchev–Trinajstić information content (AvgIpc) is 3.15. The first-order chi connectivity index (χ1) is 25.2. The summed E-state index contributed by atoms with van der Waals surface area (Å²) in [6.45, 7) is 20.7. The van der Waals surface area contributed by atoms with Crippen LogP contribution in [0.2, 0.25) is 0 Å². The molecular weight excluding hydrogens is 691 g/mol. The molecule has 4 aromatic carbocycles. The van der Waals surface area contributed by atoms with Gasteiger partial charge in [-0.05, 0) is 95.3 Å². The fourth-order valence-corrected chi connectivity index (χ4v) is 6.25. The van der Waals surface area contributed by atoms with Crippen molar-refractivity contribution in [1.82, 2.24) is 8.97 Å². The topological polar surface area (TPSA) is 183 Å². The minimum atomic E-state index is -4.67. The first kappa shape index (κ1) is 44.1. The summed E-state index contributed by atoms with van der Waals surface area (Å²) in [7, 11) is -4.67. The van der Waals surface area contributed by atoms with E-state index in [1.165, 1.54) is 41.8 Å². The molecule has 2 amide bonds. The number of phosphoric acid groups is 1. The summed E-state index contributed by atoms with van der Waals surface area (Å²) in [6, 6.07) is 32.0. The molecule has 13 heteroatoms. The zero-order valence-electron chi connectivity index (χ0n) is 31.3. The predicted octanol–water partition coefficient (Wildman–Crippen LogP) is 7.00. The van der Waals surface area contributed by atoms with Crippen molar-refractivity contribution in [3.8, 4) is 0 Å². The number of phosphoric ester groups is 1. The summed E-state index contributed by atoms with van der Waals surface area (Å²) in [5, 5.41) is 5.55. The summed E-state index contributed by atoms with van der Waals surface area (Å²) in [4.78, 5) is 41.7. The molecule has 12 nitrogen and oxygen atoms in total. The first-order valence-electron chi connectivity index (χ1n) is 17.4. The lowest BCUT2D eigenvalue weighted by Gasteiger charge is -2.36. The van der Waals surface area contributed by atoms with Gasteiger partial charge in [0.05, 0.1) is 34.0 Å². The van der Waals surface area contributed by atoms with Crippen molar-refractivity contribution in [2.24, 2.45) is 0 Å². The van der Waals surface area contributed by atoms with E-state index in [1.54, 1.807) is 0 Å². The number of nitrogens with one attached hydrogen (secondary N) is 2. The molecule has 0 unspecified atom stereocenters. The third-order valence-electron chi connectivity index (χ3n) is 8.85. The molecule has 0 aliphatic carbocycles. The number of anilines is 4. The van der Waals surface area contributed by atoms with Gasteiger partial charge in [-0.2, -0.15) is 0 Å². The Morgan fingerprint density at radius 1 is 0.604 bits per heavy atom.